The molecule has 0 aliphatic heterocycles. The van der Waals surface area contributed by atoms with Crippen LogP contribution in [0.3, 0.4) is 0 Å². The van der Waals surface area contributed by atoms with Gasteiger partial charge in [-0.2, -0.15) is 0 Å². The van der Waals surface area contributed by atoms with Crippen molar-refractivity contribution in [2.24, 2.45) is 0 Å². The van der Waals surface area contributed by atoms with Gasteiger partial charge in [0.05, 0.1) is 24.1 Å². The van der Waals surface area contributed by atoms with Crippen LogP contribution in [0.5, 0.6) is 0 Å². The first kappa shape index (κ1) is 18.6. The molecule has 0 saturated carbocycles. The fourth-order valence-electron chi connectivity index (χ4n) is 1.64. The first-order chi connectivity index (χ1) is 10.3. The Morgan fingerprint density at radius 2 is 1.95 bits per heavy atom. The molecule has 0 spiro atoms. The highest BCUT2D eigenvalue weighted by atomic mass is 79.9. The number of halogens is 1. The summed E-state index contributed by atoms with van der Waals surface area (Å²) >= 11 is 3.22. The molecule has 0 unspecified atom stereocenters. The Kier molecular flexibility index (Phi) is 7.55. The van der Waals surface area contributed by atoms with Crippen molar-refractivity contribution in [1.29, 1.82) is 0 Å². The molecule has 0 fully saturated rings. The van der Waals surface area contributed by atoms with Gasteiger partial charge < -0.3 is 19.6 Å². The molecule has 1 aromatic rings. The lowest BCUT2D eigenvalue weighted by Crippen LogP contribution is -2.46. The molecular weight excluding hydrogens is 350 g/mol. The van der Waals surface area contributed by atoms with E-state index in [2.05, 4.69) is 21.2 Å². The molecule has 0 heterocycles. The van der Waals surface area contributed by atoms with E-state index in [1.807, 2.05) is 30.3 Å². The Bertz CT molecular complexity index is 473. The van der Waals surface area contributed by atoms with Gasteiger partial charge in [0.1, 0.15) is 11.9 Å². The fraction of sp³-hybridized carbons (Fsp3) is 0.500. The minimum Gasteiger partial charge on any atom is -0.444 e. The van der Waals surface area contributed by atoms with Crippen molar-refractivity contribution in [1.82, 2.24) is 5.32 Å². The highest BCUT2D eigenvalue weighted by Gasteiger charge is 2.24. The molecule has 0 bridgehead atoms. The molecule has 5 nitrogen and oxygen atoms in total. The van der Waals surface area contributed by atoms with Crippen LogP contribution in [0.15, 0.2) is 30.3 Å². The molecule has 0 saturated heterocycles. The second kappa shape index (κ2) is 8.90. The molecule has 0 aliphatic rings. The number of benzene rings is 1. The van der Waals surface area contributed by atoms with Crippen LogP contribution in [0, 0.1) is 0 Å². The smallest absolute Gasteiger partial charge is 0.408 e. The summed E-state index contributed by atoms with van der Waals surface area (Å²) in [5, 5.41) is 2.65. The summed E-state index contributed by atoms with van der Waals surface area (Å²) in [6.07, 6.45) is 0.139. The number of carbonyl (C=O) groups is 2. The molecule has 1 rings (SSSR count). The topological polar surface area (TPSA) is 64.6 Å². The maximum atomic E-state index is 11.8. The van der Waals surface area contributed by atoms with E-state index in [4.69, 9.17) is 9.47 Å². The van der Waals surface area contributed by atoms with Crippen molar-refractivity contribution in [2.75, 3.05) is 6.61 Å². The lowest BCUT2D eigenvalue weighted by atomic mass is 10.2. The molecule has 122 valence electrons. The average molecular weight is 372 g/mol. The van der Waals surface area contributed by atoms with Crippen molar-refractivity contribution in [3.8, 4) is 0 Å². The fourth-order valence-corrected chi connectivity index (χ4v) is 1.93. The van der Waals surface area contributed by atoms with Crippen molar-refractivity contribution >= 4 is 28.3 Å². The van der Waals surface area contributed by atoms with Crippen molar-refractivity contribution < 1.29 is 19.1 Å². The van der Waals surface area contributed by atoms with E-state index >= 15 is 0 Å². The third-order valence-electron chi connectivity index (χ3n) is 2.63. The zero-order chi connectivity index (χ0) is 16.6. The monoisotopic (exact) mass is 371 g/mol. The Labute approximate surface area is 139 Å². The summed E-state index contributed by atoms with van der Waals surface area (Å²) in [7, 11) is 0. The summed E-state index contributed by atoms with van der Waals surface area (Å²) in [6.45, 7) is 5.94. The maximum Gasteiger partial charge on any atom is 0.408 e. The van der Waals surface area contributed by atoms with Gasteiger partial charge in [0.2, 0.25) is 0 Å². The van der Waals surface area contributed by atoms with Crippen LogP contribution in [-0.4, -0.2) is 35.5 Å². The van der Waals surface area contributed by atoms with Crippen LogP contribution in [0.25, 0.3) is 0 Å². The Morgan fingerprint density at radius 3 is 2.50 bits per heavy atom. The van der Waals surface area contributed by atoms with Gasteiger partial charge in [-0.25, -0.2) is 4.79 Å². The second-order valence-corrected chi connectivity index (χ2v) is 6.89. The first-order valence-electron chi connectivity index (χ1n) is 7.02. The van der Waals surface area contributed by atoms with Crippen LogP contribution in [0.4, 0.5) is 4.79 Å². The Balaban J connectivity index is 2.50. The van der Waals surface area contributed by atoms with Crippen LogP contribution in [0.1, 0.15) is 26.3 Å². The summed E-state index contributed by atoms with van der Waals surface area (Å²) in [5.41, 5.74) is 0.429. The minimum absolute atomic E-state index is 0.197. The minimum atomic E-state index is -0.595. The van der Waals surface area contributed by atoms with Crippen molar-refractivity contribution in [3.63, 3.8) is 0 Å². The number of carbonyl (C=O) groups excluding carboxylic acids is 2. The molecule has 1 N–H and O–H groups in total. The van der Waals surface area contributed by atoms with Gasteiger partial charge in [0.25, 0.3) is 0 Å². The summed E-state index contributed by atoms with van der Waals surface area (Å²) in [4.78, 5) is 22.2. The van der Waals surface area contributed by atoms with Crippen molar-refractivity contribution in [2.45, 2.75) is 43.8 Å². The van der Waals surface area contributed by atoms with E-state index in [1.165, 1.54) is 0 Å². The number of alkyl carbamates (subject to hydrolysis) is 1. The number of nitrogens with one attached hydrogen (secondary N) is 1. The molecule has 0 radical (unpaired) electrons. The SMILES string of the molecule is CC(C)(C)OC(=O)N[C@@H](COCc1ccccc1)[C@H](Br)C=O. The number of ether oxygens (including phenoxy) is 2. The van der Waals surface area contributed by atoms with Crippen LogP contribution in [-0.2, 0) is 20.9 Å². The van der Waals surface area contributed by atoms with E-state index in [-0.39, 0.29) is 6.61 Å². The van der Waals surface area contributed by atoms with E-state index in [0.717, 1.165) is 5.56 Å². The van der Waals surface area contributed by atoms with Crippen LogP contribution < -0.4 is 5.32 Å². The van der Waals surface area contributed by atoms with Crippen LogP contribution in [0.2, 0.25) is 0 Å². The molecule has 2 atom stereocenters. The van der Waals surface area contributed by atoms with Crippen molar-refractivity contribution in [3.05, 3.63) is 35.9 Å². The molecule has 22 heavy (non-hydrogen) atoms. The third kappa shape index (κ3) is 7.56. The van der Waals surface area contributed by atoms with Gasteiger partial charge in [0, 0.05) is 0 Å². The normalized spacial score (nSPS) is 14.0. The predicted octanol–water partition coefficient (Wildman–Crippen LogP) is 3.06. The quantitative estimate of drug-likeness (QED) is 0.590. The lowest BCUT2D eigenvalue weighted by molar-refractivity contribution is -0.108. The number of aldehydes is 1. The lowest BCUT2D eigenvalue weighted by Gasteiger charge is -2.24. The molecule has 1 amide bonds. The highest BCUT2D eigenvalue weighted by Crippen LogP contribution is 2.10. The average Bonchev–Trinajstić information content (AvgIpc) is 2.44. The molecular formula is C16H22BrNO4. The number of alkyl halides is 1. The van der Waals surface area contributed by atoms with Gasteiger partial charge in [-0.3, -0.25) is 0 Å². The number of hydrogen-bond donors (Lipinski definition) is 1. The summed E-state index contributed by atoms with van der Waals surface area (Å²) in [5.74, 6) is 0. The van der Waals surface area contributed by atoms with Gasteiger partial charge >= 0.3 is 6.09 Å². The van der Waals surface area contributed by atoms with Gasteiger partial charge in [-0.05, 0) is 26.3 Å². The molecule has 6 heteroatoms. The third-order valence-corrected chi connectivity index (χ3v) is 3.48. The van der Waals surface area contributed by atoms with Crippen LogP contribution >= 0.6 is 15.9 Å². The largest absolute Gasteiger partial charge is 0.444 e. The second-order valence-electron chi connectivity index (χ2n) is 5.83. The van der Waals surface area contributed by atoms with E-state index in [1.54, 1.807) is 20.8 Å². The maximum absolute atomic E-state index is 11.8. The van der Waals surface area contributed by atoms with E-state index < -0.39 is 22.6 Å². The molecule has 1 aromatic carbocycles. The van der Waals surface area contributed by atoms with Gasteiger partial charge in [-0.15, -0.1) is 0 Å². The molecule has 0 aromatic heterocycles. The summed E-state index contributed by atoms with van der Waals surface area (Å²) < 4.78 is 10.8. The van der Waals surface area contributed by atoms with E-state index in [0.29, 0.717) is 12.9 Å². The summed E-state index contributed by atoms with van der Waals surface area (Å²) in [6, 6.07) is 9.17. The van der Waals surface area contributed by atoms with Gasteiger partial charge in [0.15, 0.2) is 0 Å². The zero-order valence-electron chi connectivity index (χ0n) is 13.0. The predicted molar refractivity (Wildman–Crippen MR) is 88.0 cm³/mol. The number of amides is 1. The number of rotatable bonds is 7. The Hall–Kier alpha value is -1.40. The molecule has 0 aliphatic carbocycles. The first-order valence-corrected chi connectivity index (χ1v) is 7.94. The highest BCUT2D eigenvalue weighted by molar-refractivity contribution is 9.10. The zero-order valence-corrected chi connectivity index (χ0v) is 14.6. The number of hydrogen-bond acceptors (Lipinski definition) is 4. The standard InChI is InChI=1S/C16H22BrNO4/c1-16(2,3)22-15(20)18-14(13(17)9-19)11-21-10-12-7-5-4-6-8-12/h4-9,13-14H,10-11H2,1-3H3,(H,18,20)/t13-,14+/m1/s1. The van der Waals surface area contributed by atoms with E-state index in [9.17, 15) is 9.59 Å². The Morgan fingerprint density at radius 1 is 1.32 bits per heavy atom. The van der Waals surface area contributed by atoms with Gasteiger partial charge in [-0.1, -0.05) is 46.3 Å².